The molecule has 1 fully saturated rings. The van der Waals surface area contributed by atoms with Crippen molar-refractivity contribution in [1.82, 2.24) is 14.2 Å². The largest absolute Gasteiger partial charge is 0.322 e. The fourth-order valence-corrected chi connectivity index (χ4v) is 4.21. The number of nitrogens with one attached hydrogen (secondary N) is 1. The number of carbonyl (C=O) groups is 1. The van der Waals surface area contributed by atoms with Gasteiger partial charge in [0.25, 0.3) is 0 Å². The van der Waals surface area contributed by atoms with Crippen molar-refractivity contribution >= 4 is 27.7 Å². The van der Waals surface area contributed by atoms with Gasteiger partial charge in [0.05, 0.1) is 4.90 Å². The van der Waals surface area contributed by atoms with Gasteiger partial charge in [-0.1, -0.05) is 12.1 Å². The fraction of sp³-hybridized carbons (Fsp3) is 0.263. The van der Waals surface area contributed by atoms with Gasteiger partial charge in [-0.15, -0.1) is 0 Å². The van der Waals surface area contributed by atoms with Crippen LogP contribution < -0.4 is 5.32 Å². The Balaban J connectivity index is 1.70. The van der Waals surface area contributed by atoms with Crippen LogP contribution in [0.25, 0.3) is 6.08 Å². The Labute approximate surface area is 159 Å². The molecule has 1 aliphatic heterocycles. The van der Waals surface area contributed by atoms with E-state index in [4.69, 9.17) is 0 Å². The Morgan fingerprint density at radius 3 is 2.63 bits per heavy atom. The molecule has 0 unspecified atom stereocenters. The van der Waals surface area contributed by atoms with Gasteiger partial charge in [-0.3, -0.25) is 9.78 Å². The van der Waals surface area contributed by atoms with Crippen LogP contribution in [0.4, 0.5) is 5.69 Å². The van der Waals surface area contributed by atoms with Crippen LogP contribution in [0.5, 0.6) is 0 Å². The maximum atomic E-state index is 12.8. The lowest BCUT2D eigenvalue weighted by Gasteiger charge is -2.31. The van der Waals surface area contributed by atoms with Crippen LogP contribution in [0.1, 0.15) is 5.56 Å². The molecule has 1 saturated heterocycles. The second kappa shape index (κ2) is 8.43. The Morgan fingerprint density at radius 1 is 1.15 bits per heavy atom. The normalized spacial score (nSPS) is 16.5. The van der Waals surface area contributed by atoms with E-state index >= 15 is 0 Å². The zero-order chi connectivity index (χ0) is 19.3. The lowest BCUT2D eigenvalue weighted by atomic mass is 10.2. The van der Waals surface area contributed by atoms with E-state index in [2.05, 4.69) is 15.2 Å². The van der Waals surface area contributed by atoms with Gasteiger partial charge in [0.15, 0.2) is 0 Å². The zero-order valence-corrected chi connectivity index (χ0v) is 15.9. The maximum absolute atomic E-state index is 12.8. The summed E-state index contributed by atoms with van der Waals surface area (Å²) >= 11 is 0. The summed E-state index contributed by atoms with van der Waals surface area (Å²) in [7, 11) is -1.60. The first kappa shape index (κ1) is 19.2. The molecule has 0 spiro atoms. The lowest BCUT2D eigenvalue weighted by molar-refractivity contribution is -0.111. The maximum Gasteiger partial charge on any atom is 0.248 e. The number of nitrogens with zero attached hydrogens (tertiary/aromatic N) is 3. The molecule has 1 amide bonds. The molecule has 0 aliphatic carbocycles. The summed E-state index contributed by atoms with van der Waals surface area (Å²) in [4.78, 5) is 18.4. The van der Waals surface area contributed by atoms with E-state index in [1.54, 1.807) is 42.7 Å². The number of hydrogen-bond donors (Lipinski definition) is 1. The molecular formula is C19H22N4O3S. The quantitative estimate of drug-likeness (QED) is 0.791. The molecule has 1 aromatic heterocycles. The van der Waals surface area contributed by atoms with Gasteiger partial charge in [0, 0.05) is 50.3 Å². The predicted molar refractivity (Wildman–Crippen MR) is 105 cm³/mol. The van der Waals surface area contributed by atoms with Gasteiger partial charge in [0.2, 0.25) is 15.9 Å². The molecule has 0 radical (unpaired) electrons. The number of carbonyl (C=O) groups excluding carboxylic acids is 1. The Hall–Kier alpha value is -2.55. The number of pyridine rings is 1. The molecule has 2 aromatic rings. The molecule has 1 N–H and O–H groups in total. The van der Waals surface area contributed by atoms with Crippen LogP contribution in [0.3, 0.4) is 0 Å². The van der Waals surface area contributed by atoms with E-state index in [0.717, 1.165) is 5.56 Å². The van der Waals surface area contributed by atoms with E-state index in [-0.39, 0.29) is 10.8 Å². The number of likely N-dealkylation sites (N-methyl/N-ethyl adjacent to an activating group) is 1. The summed E-state index contributed by atoms with van der Waals surface area (Å²) in [6, 6.07) is 9.95. The highest BCUT2D eigenvalue weighted by molar-refractivity contribution is 7.89. The molecule has 3 rings (SSSR count). The number of amides is 1. The Kier molecular flexibility index (Phi) is 6.00. The topological polar surface area (TPSA) is 82.6 Å². The van der Waals surface area contributed by atoms with Gasteiger partial charge < -0.3 is 10.2 Å². The highest BCUT2D eigenvalue weighted by Crippen LogP contribution is 2.20. The first-order chi connectivity index (χ1) is 12.9. The summed E-state index contributed by atoms with van der Waals surface area (Å²) < 4.78 is 27.1. The summed E-state index contributed by atoms with van der Waals surface area (Å²) in [6.07, 6.45) is 6.34. The first-order valence-electron chi connectivity index (χ1n) is 8.63. The van der Waals surface area contributed by atoms with Crippen LogP contribution >= 0.6 is 0 Å². The predicted octanol–water partition coefficient (Wildman–Crippen LogP) is 1.67. The van der Waals surface area contributed by atoms with Crippen molar-refractivity contribution in [3.63, 3.8) is 0 Å². The van der Waals surface area contributed by atoms with Crippen LogP contribution in [0, 0.1) is 0 Å². The molecule has 0 bridgehead atoms. The standard InChI is InChI=1S/C19H22N4O3S/c1-22-10-12-23(13-11-22)27(25,26)18-6-2-5-17(14-18)21-19(24)8-7-16-4-3-9-20-15-16/h2-9,14-15H,10-13H2,1H3,(H,21,24). The van der Waals surface area contributed by atoms with Crippen LogP contribution in [0.2, 0.25) is 0 Å². The first-order valence-corrected chi connectivity index (χ1v) is 10.1. The van der Waals surface area contributed by atoms with Crippen LogP contribution in [-0.4, -0.2) is 61.7 Å². The molecule has 27 heavy (non-hydrogen) atoms. The number of rotatable bonds is 5. The average Bonchev–Trinajstić information content (AvgIpc) is 2.68. The zero-order valence-electron chi connectivity index (χ0n) is 15.1. The third-order valence-electron chi connectivity index (χ3n) is 4.31. The SMILES string of the molecule is CN1CCN(S(=O)(=O)c2cccc(NC(=O)C=Cc3cccnc3)c2)CC1. The highest BCUT2D eigenvalue weighted by atomic mass is 32.2. The minimum Gasteiger partial charge on any atom is -0.322 e. The van der Waals surface area contributed by atoms with Crippen molar-refractivity contribution in [2.75, 3.05) is 38.5 Å². The van der Waals surface area contributed by atoms with Gasteiger partial charge in [-0.2, -0.15) is 4.31 Å². The van der Waals surface area contributed by atoms with E-state index < -0.39 is 10.0 Å². The van der Waals surface area contributed by atoms with Crippen molar-refractivity contribution in [2.24, 2.45) is 0 Å². The minimum atomic E-state index is -3.57. The van der Waals surface area contributed by atoms with Crippen molar-refractivity contribution < 1.29 is 13.2 Å². The second-order valence-electron chi connectivity index (χ2n) is 6.34. The molecule has 142 valence electrons. The van der Waals surface area contributed by atoms with Gasteiger partial charge in [-0.05, 0) is 43.0 Å². The van der Waals surface area contributed by atoms with E-state index in [1.165, 1.54) is 16.4 Å². The summed E-state index contributed by atoms with van der Waals surface area (Å²) in [5.74, 6) is -0.340. The Morgan fingerprint density at radius 2 is 1.93 bits per heavy atom. The average molecular weight is 386 g/mol. The number of aromatic nitrogens is 1. The van der Waals surface area contributed by atoms with Crippen molar-refractivity contribution in [1.29, 1.82) is 0 Å². The summed E-state index contributed by atoms with van der Waals surface area (Å²) in [5.41, 5.74) is 1.24. The molecule has 0 saturated carbocycles. The van der Waals surface area contributed by atoms with Gasteiger partial charge in [0.1, 0.15) is 0 Å². The molecule has 7 nitrogen and oxygen atoms in total. The molecule has 0 atom stereocenters. The highest BCUT2D eigenvalue weighted by Gasteiger charge is 2.27. The van der Waals surface area contributed by atoms with E-state index in [9.17, 15) is 13.2 Å². The number of sulfonamides is 1. The third-order valence-corrected chi connectivity index (χ3v) is 6.21. The van der Waals surface area contributed by atoms with E-state index in [1.807, 2.05) is 13.1 Å². The van der Waals surface area contributed by atoms with Crippen LogP contribution in [-0.2, 0) is 14.8 Å². The molecular weight excluding hydrogens is 364 g/mol. The molecule has 1 aliphatic rings. The van der Waals surface area contributed by atoms with Crippen LogP contribution in [0.15, 0.2) is 59.8 Å². The second-order valence-corrected chi connectivity index (χ2v) is 8.28. The van der Waals surface area contributed by atoms with Crippen molar-refractivity contribution in [3.05, 3.63) is 60.4 Å². The number of anilines is 1. The molecule has 2 heterocycles. The summed E-state index contributed by atoms with van der Waals surface area (Å²) in [6.45, 7) is 2.33. The molecule has 1 aromatic carbocycles. The number of piperazine rings is 1. The third kappa shape index (κ3) is 5.00. The van der Waals surface area contributed by atoms with Crippen molar-refractivity contribution in [2.45, 2.75) is 4.90 Å². The Bertz CT molecular complexity index is 921. The number of hydrogen-bond acceptors (Lipinski definition) is 5. The molecule has 8 heteroatoms. The minimum absolute atomic E-state index is 0.182. The van der Waals surface area contributed by atoms with Gasteiger partial charge >= 0.3 is 0 Å². The van der Waals surface area contributed by atoms with Gasteiger partial charge in [-0.25, -0.2) is 8.42 Å². The lowest BCUT2D eigenvalue weighted by Crippen LogP contribution is -2.47. The van der Waals surface area contributed by atoms with E-state index in [0.29, 0.717) is 31.9 Å². The van der Waals surface area contributed by atoms with Crippen molar-refractivity contribution in [3.8, 4) is 0 Å². The number of benzene rings is 1. The fourth-order valence-electron chi connectivity index (χ4n) is 2.74. The monoisotopic (exact) mass is 386 g/mol. The smallest absolute Gasteiger partial charge is 0.248 e. The summed E-state index contributed by atoms with van der Waals surface area (Å²) in [5, 5.41) is 2.70.